The first-order valence-electron chi connectivity index (χ1n) is 19.6. The van der Waals surface area contributed by atoms with E-state index in [1.807, 2.05) is 0 Å². The van der Waals surface area contributed by atoms with Crippen molar-refractivity contribution in [3.05, 3.63) is 12.2 Å². The normalized spacial score (nSPS) is 13.9. The van der Waals surface area contributed by atoms with Gasteiger partial charge < -0.3 is 35.7 Å². The van der Waals surface area contributed by atoms with Gasteiger partial charge in [-0.25, -0.2) is 0 Å². The summed E-state index contributed by atoms with van der Waals surface area (Å²) in [5.41, 5.74) is -2.52. The third kappa shape index (κ3) is 26.6. The summed E-state index contributed by atoms with van der Waals surface area (Å²) in [6.45, 7) is -0.841. The highest BCUT2D eigenvalue weighted by molar-refractivity contribution is 6.10. The molecule has 0 rings (SSSR count). The zero-order valence-electron chi connectivity index (χ0n) is 30.3. The predicted octanol–water partition coefficient (Wildman–Crippen LogP) is 7.09. The molecule has 0 aromatic rings. The summed E-state index contributed by atoms with van der Waals surface area (Å²) in [5, 5.41) is 66.0. The Morgan fingerprint density at radius 1 is 0.438 bits per heavy atom. The average Bonchev–Trinajstić information content (AvgIpc) is 3.06. The zero-order chi connectivity index (χ0) is 35.7. The minimum atomic E-state index is -2.52. The van der Waals surface area contributed by atoms with Crippen LogP contribution in [-0.4, -0.2) is 78.2 Å². The number of Topliss-reactive ketones (excluding diaryl/α,β-unsaturated/α-hetero) is 2. The van der Waals surface area contributed by atoms with Gasteiger partial charge in [-0.2, -0.15) is 0 Å². The van der Waals surface area contributed by atoms with Crippen LogP contribution in [0.1, 0.15) is 193 Å². The number of carbonyl (C=O) groups excluding carboxylic acids is 2. The molecule has 0 fully saturated rings. The lowest BCUT2D eigenvalue weighted by molar-refractivity contribution is -0.166. The van der Waals surface area contributed by atoms with Crippen LogP contribution in [0.2, 0.25) is 0 Å². The number of unbranched alkanes of at least 4 members (excludes halogenated alkanes) is 23. The van der Waals surface area contributed by atoms with Gasteiger partial charge in [0.1, 0.15) is 6.10 Å². The Kier molecular flexibility index (Phi) is 32.1. The van der Waals surface area contributed by atoms with Crippen molar-refractivity contribution in [3.8, 4) is 0 Å². The van der Waals surface area contributed by atoms with E-state index < -0.39 is 42.5 Å². The molecule has 48 heavy (non-hydrogen) atoms. The molecule has 0 aromatic carbocycles. The first-order valence-corrected chi connectivity index (χ1v) is 19.6. The van der Waals surface area contributed by atoms with Crippen LogP contribution >= 0.6 is 0 Å². The molecule has 0 aliphatic carbocycles. The Morgan fingerprint density at radius 3 is 1.00 bits per heavy atom. The summed E-state index contributed by atoms with van der Waals surface area (Å²) in [6.07, 6.45) is 28.1. The number of ketones is 2. The van der Waals surface area contributed by atoms with Crippen molar-refractivity contribution in [2.45, 2.75) is 217 Å². The van der Waals surface area contributed by atoms with Gasteiger partial charge in [0, 0.05) is 12.8 Å². The maximum absolute atomic E-state index is 12.9. The van der Waals surface area contributed by atoms with E-state index in [0.29, 0.717) is 25.7 Å². The van der Waals surface area contributed by atoms with E-state index in [2.05, 4.69) is 12.2 Å². The van der Waals surface area contributed by atoms with Gasteiger partial charge in [0.25, 0.3) is 0 Å². The Morgan fingerprint density at radius 2 is 0.708 bits per heavy atom. The molecule has 2 atom stereocenters. The SMILES string of the molecule is O=C(CCCCCCC/C=C\CCCCCCCC(O)O)C(O)(C(=O)CCCCCCCCCCCCCCCCC(O)O)C(O)CO. The lowest BCUT2D eigenvalue weighted by Gasteiger charge is -2.29. The van der Waals surface area contributed by atoms with Crippen LogP contribution in [0.25, 0.3) is 0 Å². The molecule has 9 nitrogen and oxygen atoms in total. The van der Waals surface area contributed by atoms with Crippen molar-refractivity contribution in [2.75, 3.05) is 6.61 Å². The van der Waals surface area contributed by atoms with Gasteiger partial charge in [-0.3, -0.25) is 9.59 Å². The first kappa shape index (κ1) is 46.8. The molecule has 7 N–H and O–H groups in total. The summed E-state index contributed by atoms with van der Waals surface area (Å²) in [4.78, 5) is 25.7. The fourth-order valence-electron chi connectivity index (χ4n) is 6.21. The predicted molar refractivity (Wildman–Crippen MR) is 192 cm³/mol. The van der Waals surface area contributed by atoms with Crippen LogP contribution < -0.4 is 0 Å². The maximum atomic E-state index is 12.9. The molecule has 0 saturated heterocycles. The molecule has 9 heteroatoms. The highest BCUT2D eigenvalue weighted by Crippen LogP contribution is 2.22. The largest absolute Gasteiger partial charge is 0.394 e. The zero-order valence-corrected chi connectivity index (χ0v) is 30.3. The second-order valence-corrected chi connectivity index (χ2v) is 13.9. The molecule has 0 amide bonds. The van der Waals surface area contributed by atoms with Crippen LogP contribution in [0, 0.1) is 0 Å². The number of aliphatic hydroxyl groups is 7. The van der Waals surface area contributed by atoms with Crippen LogP contribution in [0.15, 0.2) is 12.2 Å². The molecule has 284 valence electrons. The maximum Gasteiger partial charge on any atom is 0.209 e. The van der Waals surface area contributed by atoms with Crippen molar-refractivity contribution >= 4 is 11.6 Å². The molecule has 0 radical (unpaired) electrons. The summed E-state index contributed by atoms with van der Waals surface area (Å²) in [6, 6.07) is 0. The van der Waals surface area contributed by atoms with Crippen molar-refractivity contribution in [2.24, 2.45) is 0 Å². The van der Waals surface area contributed by atoms with Gasteiger partial charge >= 0.3 is 0 Å². The second-order valence-electron chi connectivity index (χ2n) is 13.9. The number of aliphatic hydroxyl groups excluding tert-OH is 4. The van der Waals surface area contributed by atoms with Gasteiger partial charge in [-0.1, -0.05) is 128 Å². The van der Waals surface area contributed by atoms with Crippen molar-refractivity contribution < 1.29 is 45.3 Å². The Hall–Kier alpha value is -1.20. The molecule has 0 bridgehead atoms. The van der Waals surface area contributed by atoms with Crippen LogP contribution in [0.4, 0.5) is 0 Å². The van der Waals surface area contributed by atoms with Crippen LogP contribution in [0.5, 0.6) is 0 Å². The molecule has 0 heterocycles. The topological polar surface area (TPSA) is 176 Å². The van der Waals surface area contributed by atoms with E-state index in [1.54, 1.807) is 0 Å². The monoisotopic (exact) mass is 687 g/mol. The van der Waals surface area contributed by atoms with Crippen molar-refractivity contribution in [1.29, 1.82) is 0 Å². The number of allylic oxidation sites excluding steroid dienone is 2. The van der Waals surface area contributed by atoms with Crippen molar-refractivity contribution in [3.63, 3.8) is 0 Å². The Balaban J connectivity index is 3.92. The minimum Gasteiger partial charge on any atom is -0.394 e. The van der Waals surface area contributed by atoms with E-state index in [-0.39, 0.29) is 12.8 Å². The van der Waals surface area contributed by atoms with Crippen LogP contribution in [-0.2, 0) is 9.59 Å². The Labute approximate surface area is 292 Å². The molecule has 0 aliphatic rings. The number of hydrogen-bond donors (Lipinski definition) is 7. The standard InChI is InChI=1S/C39H74O9/c40-33-36(43)39(48,34(41)29-25-21-17-13-9-5-1-3-7-11-15-19-23-27-31-37(44)45)35(42)30-26-22-18-14-10-6-2-4-8-12-16-20-24-28-32-38(46)47/h1,3,36-38,40,43-48H,2,4-33H2/b3-1-. The summed E-state index contributed by atoms with van der Waals surface area (Å²) >= 11 is 0. The lowest BCUT2D eigenvalue weighted by atomic mass is 9.82. The summed E-state index contributed by atoms with van der Waals surface area (Å²) < 4.78 is 0. The fourth-order valence-corrected chi connectivity index (χ4v) is 6.21. The highest BCUT2D eigenvalue weighted by Gasteiger charge is 2.48. The van der Waals surface area contributed by atoms with Gasteiger partial charge in [-0.05, 0) is 64.2 Å². The minimum absolute atomic E-state index is 0.00935. The third-order valence-electron chi connectivity index (χ3n) is 9.40. The highest BCUT2D eigenvalue weighted by atomic mass is 16.5. The quantitative estimate of drug-likeness (QED) is 0.0156. The smallest absolute Gasteiger partial charge is 0.209 e. The summed E-state index contributed by atoms with van der Waals surface area (Å²) in [7, 11) is 0. The molecule has 0 aromatic heterocycles. The van der Waals surface area contributed by atoms with Gasteiger partial charge in [0.2, 0.25) is 5.60 Å². The second kappa shape index (κ2) is 33.0. The van der Waals surface area contributed by atoms with E-state index in [9.17, 15) is 24.9 Å². The molecular weight excluding hydrogens is 612 g/mol. The average molecular weight is 687 g/mol. The molecule has 0 aliphatic heterocycles. The molecule has 0 saturated carbocycles. The van der Waals surface area contributed by atoms with E-state index in [1.165, 1.54) is 38.5 Å². The molecule has 0 spiro atoms. The number of hydrogen-bond acceptors (Lipinski definition) is 9. The van der Waals surface area contributed by atoms with Crippen LogP contribution in [0.3, 0.4) is 0 Å². The third-order valence-corrected chi connectivity index (χ3v) is 9.40. The van der Waals surface area contributed by atoms with Gasteiger partial charge in [0.15, 0.2) is 24.1 Å². The summed E-state index contributed by atoms with van der Waals surface area (Å²) in [5.74, 6) is -1.38. The number of rotatable bonds is 37. The van der Waals surface area contributed by atoms with E-state index in [0.717, 1.165) is 116 Å². The fraction of sp³-hybridized carbons (Fsp3) is 0.897. The van der Waals surface area contributed by atoms with Gasteiger partial charge in [-0.15, -0.1) is 0 Å². The number of carbonyl (C=O) groups is 2. The van der Waals surface area contributed by atoms with E-state index >= 15 is 0 Å². The van der Waals surface area contributed by atoms with E-state index in [4.69, 9.17) is 20.4 Å². The van der Waals surface area contributed by atoms with Gasteiger partial charge in [0.05, 0.1) is 6.61 Å². The Bertz CT molecular complexity index is 771. The molecule has 2 unspecified atom stereocenters. The first-order chi connectivity index (χ1) is 23.2. The lowest BCUT2D eigenvalue weighted by Crippen LogP contribution is -2.57. The van der Waals surface area contributed by atoms with Crippen molar-refractivity contribution in [1.82, 2.24) is 0 Å². The molecular formula is C39H74O9.